The molecule has 1 heterocycles. The Labute approximate surface area is 207 Å². The smallest absolute Gasteiger partial charge is 0.335 e. The van der Waals surface area contributed by atoms with Crippen molar-refractivity contribution in [1.82, 2.24) is 5.32 Å². The van der Waals surface area contributed by atoms with Crippen molar-refractivity contribution in [2.24, 2.45) is 0 Å². The Kier molecular flexibility index (Phi) is 6.83. The minimum atomic E-state index is -0.829. The first-order valence-corrected chi connectivity index (χ1v) is 11.2. The lowest BCUT2D eigenvalue weighted by Gasteiger charge is -2.26. The number of barbiturate groups is 1. The Balaban J connectivity index is 1.61. The highest BCUT2D eigenvalue weighted by atomic mass is 79.9. The second-order valence-electron chi connectivity index (χ2n) is 7.02. The number of ether oxygens (including phenoxy) is 1. The van der Waals surface area contributed by atoms with E-state index in [2.05, 4.69) is 21.2 Å². The van der Waals surface area contributed by atoms with E-state index in [-0.39, 0.29) is 28.0 Å². The Morgan fingerprint density at radius 3 is 2.21 bits per heavy atom. The highest BCUT2D eigenvalue weighted by Gasteiger charge is 2.36. The SMILES string of the molecule is O=C1NC(=O)N(c2ccc(Br)cc2)C(=O)/C1=C/c1cc(Cl)c(OCc2ccccc2)c(Cl)c1. The Morgan fingerprint density at radius 1 is 0.939 bits per heavy atom. The van der Waals surface area contributed by atoms with E-state index in [1.165, 1.54) is 18.2 Å². The highest BCUT2D eigenvalue weighted by Crippen LogP contribution is 2.36. The Morgan fingerprint density at radius 2 is 1.58 bits per heavy atom. The number of amides is 4. The van der Waals surface area contributed by atoms with Crippen LogP contribution in [-0.4, -0.2) is 17.8 Å². The van der Waals surface area contributed by atoms with Gasteiger partial charge in [0.25, 0.3) is 11.8 Å². The van der Waals surface area contributed by atoms with E-state index in [0.29, 0.717) is 11.3 Å². The van der Waals surface area contributed by atoms with Gasteiger partial charge in [0.2, 0.25) is 0 Å². The van der Waals surface area contributed by atoms with Crippen molar-refractivity contribution < 1.29 is 19.1 Å². The fraction of sp³-hybridized carbons (Fsp3) is 0.0417. The normalized spacial score (nSPS) is 15.1. The molecule has 4 amide bonds. The van der Waals surface area contributed by atoms with Crippen LogP contribution in [0.2, 0.25) is 10.0 Å². The second kappa shape index (κ2) is 9.79. The molecule has 1 aliphatic rings. The van der Waals surface area contributed by atoms with Crippen molar-refractivity contribution in [3.8, 4) is 5.75 Å². The summed E-state index contributed by atoms with van der Waals surface area (Å²) in [6.45, 7) is 0.270. The molecule has 6 nitrogen and oxygen atoms in total. The molecule has 33 heavy (non-hydrogen) atoms. The molecule has 1 N–H and O–H groups in total. The van der Waals surface area contributed by atoms with E-state index >= 15 is 0 Å². The van der Waals surface area contributed by atoms with Gasteiger partial charge in [-0.1, -0.05) is 69.5 Å². The van der Waals surface area contributed by atoms with E-state index in [4.69, 9.17) is 27.9 Å². The summed E-state index contributed by atoms with van der Waals surface area (Å²) in [6.07, 6.45) is 1.33. The minimum absolute atomic E-state index is 0.217. The van der Waals surface area contributed by atoms with Crippen LogP contribution in [0.1, 0.15) is 11.1 Å². The molecule has 0 radical (unpaired) electrons. The quantitative estimate of drug-likeness (QED) is 0.315. The fourth-order valence-corrected chi connectivity index (χ4v) is 4.06. The van der Waals surface area contributed by atoms with Crippen LogP contribution in [0.5, 0.6) is 5.75 Å². The number of halogens is 3. The third-order valence-electron chi connectivity index (χ3n) is 4.74. The zero-order valence-electron chi connectivity index (χ0n) is 16.8. The Hall–Kier alpha value is -3.13. The van der Waals surface area contributed by atoms with Gasteiger partial charge in [-0.3, -0.25) is 14.9 Å². The molecule has 0 atom stereocenters. The first-order valence-electron chi connectivity index (χ1n) is 9.66. The lowest BCUT2D eigenvalue weighted by atomic mass is 10.1. The molecular weight excluding hydrogens is 531 g/mol. The predicted molar refractivity (Wildman–Crippen MR) is 130 cm³/mol. The van der Waals surface area contributed by atoms with Crippen molar-refractivity contribution in [3.05, 3.63) is 97.9 Å². The molecule has 0 aliphatic carbocycles. The van der Waals surface area contributed by atoms with Crippen LogP contribution in [0.4, 0.5) is 10.5 Å². The van der Waals surface area contributed by atoms with E-state index < -0.39 is 17.8 Å². The maximum atomic E-state index is 13.0. The van der Waals surface area contributed by atoms with E-state index in [1.807, 2.05) is 30.3 Å². The molecule has 0 unspecified atom stereocenters. The number of anilines is 1. The van der Waals surface area contributed by atoms with Gasteiger partial charge in [-0.2, -0.15) is 0 Å². The number of imide groups is 2. The molecule has 1 saturated heterocycles. The lowest BCUT2D eigenvalue weighted by molar-refractivity contribution is -0.122. The molecule has 9 heteroatoms. The van der Waals surface area contributed by atoms with Crippen LogP contribution >= 0.6 is 39.1 Å². The molecule has 0 saturated carbocycles. The molecule has 4 rings (SSSR count). The van der Waals surface area contributed by atoms with E-state index in [1.54, 1.807) is 24.3 Å². The first kappa shape index (κ1) is 23.0. The van der Waals surface area contributed by atoms with Gasteiger partial charge in [-0.05, 0) is 53.6 Å². The average Bonchev–Trinajstić information content (AvgIpc) is 2.78. The summed E-state index contributed by atoms with van der Waals surface area (Å²) < 4.78 is 6.53. The van der Waals surface area contributed by atoms with Crippen LogP contribution in [-0.2, 0) is 16.2 Å². The van der Waals surface area contributed by atoms with Crippen molar-refractivity contribution in [2.75, 3.05) is 4.90 Å². The van der Waals surface area contributed by atoms with Gasteiger partial charge in [-0.25, -0.2) is 9.69 Å². The zero-order chi connectivity index (χ0) is 23.5. The number of carbonyl (C=O) groups excluding carboxylic acids is 3. The molecule has 1 aliphatic heterocycles. The maximum Gasteiger partial charge on any atom is 0.335 e. The van der Waals surface area contributed by atoms with Crippen LogP contribution in [0, 0.1) is 0 Å². The number of hydrogen-bond donors (Lipinski definition) is 1. The van der Waals surface area contributed by atoms with Gasteiger partial charge in [0.15, 0.2) is 5.75 Å². The topological polar surface area (TPSA) is 75.7 Å². The van der Waals surface area contributed by atoms with Gasteiger partial charge in [0, 0.05) is 4.47 Å². The molecule has 1 fully saturated rings. The number of nitrogens with zero attached hydrogens (tertiary/aromatic N) is 1. The lowest BCUT2D eigenvalue weighted by Crippen LogP contribution is -2.54. The summed E-state index contributed by atoms with van der Waals surface area (Å²) in [5.41, 5.74) is 1.43. The number of urea groups is 1. The van der Waals surface area contributed by atoms with E-state index in [0.717, 1.165) is 14.9 Å². The standard InChI is InChI=1S/C24H15BrCl2N2O4/c25-16-6-8-17(9-7-16)29-23(31)18(22(30)28-24(29)32)10-15-11-19(26)21(20(27)12-15)33-13-14-4-2-1-3-5-14/h1-12H,13H2,(H,28,30,32)/b18-10+. The molecule has 0 spiro atoms. The summed E-state index contributed by atoms with van der Waals surface area (Å²) in [4.78, 5) is 38.6. The van der Waals surface area contributed by atoms with Gasteiger partial charge in [0.05, 0.1) is 15.7 Å². The molecule has 0 bridgehead atoms. The largest absolute Gasteiger partial charge is 0.486 e. The number of rotatable bonds is 5. The molecule has 3 aromatic rings. The summed E-state index contributed by atoms with van der Waals surface area (Å²) in [5.74, 6) is -1.28. The number of carbonyl (C=O) groups is 3. The van der Waals surface area contributed by atoms with Crippen LogP contribution < -0.4 is 15.0 Å². The maximum absolute atomic E-state index is 13.0. The van der Waals surface area contributed by atoms with Crippen molar-refractivity contribution in [1.29, 1.82) is 0 Å². The van der Waals surface area contributed by atoms with Gasteiger partial charge in [0.1, 0.15) is 12.2 Å². The predicted octanol–water partition coefficient (Wildman–Crippen LogP) is 6.00. The first-order chi connectivity index (χ1) is 15.8. The summed E-state index contributed by atoms with van der Waals surface area (Å²) >= 11 is 16.0. The van der Waals surface area contributed by atoms with E-state index in [9.17, 15) is 14.4 Å². The molecule has 0 aromatic heterocycles. The molecule has 166 valence electrons. The van der Waals surface area contributed by atoms with Crippen molar-refractivity contribution in [2.45, 2.75) is 6.61 Å². The van der Waals surface area contributed by atoms with Gasteiger partial charge < -0.3 is 4.74 Å². The van der Waals surface area contributed by atoms with Gasteiger partial charge in [-0.15, -0.1) is 0 Å². The van der Waals surface area contributed by atoms with Gasteiger partial charge >= 0.3 is 6.03 Å². The summed E-state index contributed by atoms with van der Waals surface area (Å²) in [7, 11) is 0. The number of hydrogen-bond acceptors (Lipinski definition) is 4. The number of benzene rings is 3. The minimum Gasteiger partial charge on any atom is -0.486 e. The van der Waals surface area contributed by atoms with Crippen molar-refractivity contribution in [3.63, 3.8) is 0 Å². The average molecular weight is 546 g/mol. The summed E-state index contributed by atoms with van der Waals surface area (Å²) in [6, 6.07) is 18.3. The third-order valence-corrected chi connectivity index (χ3v) is 5.83. The van der Waals surface area contributed by atoms with Crippen molar-refractivity contribution >= 4 is 68.7 Å². The second-order valence-corrected chi connectivity index (χ2v) is 8.75. The third kappa shape index (κ3) is 5.11. The van der Waals surface area contributed by atoms with Crippen LogP contribution in [0.15, 0.2) is 76.8 Å². The zero-order valence-corrected chi connectivity index (χ0v) is 19.9. The van der Waals surface area contributed by atoms with Crippen LogP contribution in [0.3, 0.4) is 0 Å². The monoisotopic (exact) mass is 544 g/mol. The summed E-state index contributed by atoms with van der Waals surface area (Å²) in [5, 5.41) is 2.61. The fourth-order valence-electron chi connectivity index (χ4n) is 3.18. The Bertz CT molecular complexity index is 1250. The molecular formula is C24H15BrCl2N2O4. The molecule has 3 aromatic carbocycles. The number of nitrogens with one attached hydrogen (secondary N) is 1. The highest BCUT2D eigenvalue weighted by molar-refractivity contribution is 9.10. The van der Waals surface area contributed by atoms with Crippen LogP contribution in [0.25, 0.3) is 6.08 Å².